The summed E-state index contributed by atoms with van der Waals surface area (Å²) in [4.78, 5) is 96.1. The maximum Gasteiger partial charge on any atom is 1.00 e. The molecule has 2 N–H and O–H groups in total. The van der Waals surface area contributed by atoms with Crippen LogP contribution in [0, 0.1) is 125 Å². The zero-order valence-corrected chi connectivity index (χ0v) is 85.2. The molecule has 0 bridgehead atoms. The molecule has 31 heteroatoms. The molecule has 0 aliphatic heterocycles. The number of aliphatic hydroxyl groups excluding tert-OH is 1. The fourth-order valence-electron chi connectivity index (χ4n) is 9.22. The Balaban J connectivity index is -0.000000158. The van der Waals surface area contributed by atoms with Crippen LogP contribution in [0.25, 0.3) is 20.2 Å². The summed E-state index contributed by atoms with van der Waals surface area (Å²) in [7, 11) is 10.6. The van der Waals surface area contributed by atoms with Gasteiger partial charge in [-0.25, -0.2) is 4.79 Å². The van der Waals surface area contributed by atoms with Gasteiger partial charge in [-0.05, 0) is 322 Å². The number of phenolic OH excluding ortho intramolecular Hbond substituents is 1. The molecule has 6 aromatic carbocycles. The Kier molecular flexibility index (Phi) is 66.2. The topological polar surface area (TPSA) is 247 Å². The molecular weight excluding hydrogens is 1690 g/mol. The molecule has 111 heavy (non-hydrogen) atoms. The quantitative estimate of drug-likeness (QED) is 0.0115. The zero-order chi connectivity index (χ0) is 82.1. The van der Waals surface area contributed by atoms with Crippen LogP contribution in [0.4, 0.5) is 4.79 Å². The second kappa shape index (κ2) is 61.3. The van der Waals surface area contributed by atoms with Gasteiger partial charge in [-0.2, -0.15) is 0 Å². The van der Waals surface area contributed by atoms with Crippen molar-refractivity contribution >= 4 is 195 Å². The van der Waals surface area contributed by atoms with Crippen LogP contribution >= 0.6 is 99.0 Å². The van der Waals surface area contributed by atoms with Gasteiger partial charge in [0.05, 0.1) is 30.9 Å². The van der Waals surface area contributed by atoms with E-state index in [0.717, 1.165) is 112 Å². The molecule has 0 aliphatic carbocycles. The standard InChI is InChI=1S/C14H16O2S.2C13H17NO2S.C12H14OS.C10H12O2.C10H12OS.C4H7BrO2.C3H6ClNS.CH2O3.Al.2K.Li.Na.6H/c1-5-16-14(15)12-7-11-6-8(2)9(3)10(4)13(11)17-12;1-8-6-11(7-15)12(10(3)9(8)2)17-13(16)14(4)5;1-8-6-11(7-15)12(10(3)9(8)2)16-13(17)14(4)5;1-7-4-10-5-11(6-13)14-12(10)9(3)8(7)2;2*1-6-4-9(5-11)10(12)8(3)7(6)2;1-2-7-4(6)3-5;1-5(2)3(4)6;2-1-4-3;;;;;;;;;;;/h6-7H,5H2,1-4H3;2*6-7H,1-5H3;4-5,13H,6H2,1-3H3;2*4-5,12H,1-3H3;2-3H2,1H3;1-2H3;1,3H;;;;;;;;;;;/q;;;;;;;;;;4*+1;;;;3*-1/p-1. The Morgan fingerprint density at radius 3 is 1.31 bits per heavy atom. The molecule has 2 aromatic heterocycles. The van der Waals surface area contributed by atoms with E-state index in [1.165, 1.54) is 70.0 Å². The van der Waals surface area contributed by atoms with Crippen molar-refractivity contribution in [3.63, 3.8) is 0 Å². The fraction of sp³-hybridized carbons (Fsp3) is 0.375. The predicted octanol–water partition coefficient (Wildman–Crippen LogP) is 5.63. The van der Waals surface area contributed by atoms with E-state index in [-0.39, 0.29) is 209 Å². The van der Waals surface area contributed by atoms with Gasteiger partial charge in [0.1, 0.15) is 21.7 Å². The van der Waals surface area contributed by atoms with Crippen molar-refractivity contribution < 1.29 is 228 Å². The number of thiol groups is 1. The third-order valence-electron chi connectivity index (χ3n) is 16.9. The number of thiophene rings is 2. The zero-order valence-electron chi connectivity index (χ0n) is 72.6. The van der Waals surface area contributed by atoms with Crippen LogP contribution in [0.3, 0.4) is 0 Å². The first-order valence-corrected chi connectivity index (χ1v) is 38.2. The number of ether oxygens (including phenoxy) is 3. The number of aliphatic hydroxyl groups is 1. The number of aldehydes is 4. The first-order chi connectivity index (χ1) is 49.4. The van der Waals surface area contributed by atoms with Crippen LogP contribution in [-0.2, 0) is 30.6 Å². The summed E-state index contributed by atoms with van der Waals surface area (Å²) in [5.41, 5.74) is 22.7. The Labute approximate surface area is 833 Å². The summed E-state index contributed by atoms with van der Waals surface area (Å²) in [6, 6.07) is 15.6. The average molecular weight is 1790 g/mol. The number of carbonyl (C=O) groups is 8. The van der Waals surface area contributed by atoms with Gasteiger partial charge in [0.25, 0.3) is 16.9 Å². The van der Waals surface area contributed by atoms with E-state index < -0.39 is 0 Å². The van der Waals surface area contributed by atoms with E-state index in [2.05, 4.69) is 110 Å². The number of thioether (sulfide) groups is 1. The predicted molar refractivity (Wildman–Crippen MR) is 462 cm³/mol. The van der Waals surface area contributed by atoms with E-state index in [9.17, 15) is 38.7 Å². The molecule has 0 radical (unpaired) electrons. The van der Waals surface area contributed by atoms with Gasteiger partial charge in [-0.15, -0.1) is 35.3 Å². The van der Waals surface area contributed by atoms with Crippen molar-refractivity contribution in [1.82, 2.24) is 14.7 Å². The summed E-state index contributed by atoms with van der Waals surface area (Å²) in [5.74, 6) is 0.237. The second-order valence-electron chi connectivity index (χ2n) is 24.7. The minimum absolute atomic E-state index is 0. The molecule has 0 saturated carbocycles. The number of esters is 2. The molecule has 2 heterocycles. The minimum atomic E-state index is -0.219. The summed E-state index contributed by atoms with van der Waals surface area (Å²) in [6.07, 6.45) is 3.13. The Hall–Kier alpha value is -2.03. The first kappa shape index (κ1) is 120. The number of hydrogen-bond acceptors (Lipinski definition) is 21. The molecule has 0 unspecified atom stereocenters. The Morgan fingerprint density at radius 1 is 0.559 bits per heavy atom. The number of aromatic hydroxyl groups is 1. The molecule has 18 nitrogen and oxygen atoms in total. The number of rotatable bonds is 12. The van der Waals surface area contributed by atoms with Crippen LogP contribution in [0.1, 0.15) is 174 Å². The van der Waals surface area contributed by atoms with Gasteiger partial charge < -0.3 is 53.5 Å². The Bertz CT molecular complexity index is 4320. The Morgan fingerprint density at radius 2 is 0.928 bits per heavy atom. The van der Waals surface area contributed by atoms with Gasteiger partial charge in [-0.1, -0.05) is 39.7 Å². The molecule has 1 amide bonds. The monoisotopic (exact) mass is 1790 g/mol. The van der Waals surface area contributed by atoms with E-state index >= 15 is 0 Å². The molecule has 590 valence electrons. The van der Waals surface area contributed by atoms with Crippen LogP contribution in [-0.4, -0.2) is 162 Å². The van der Waals surface area contributed by atoms with Gasteiger partial charge in [0.15, 0.2) is 47.0 Å². The number of halogens is 2. The molecule has 0 fully saturated rings. The molecule has 0 saturated heterocycles. The summed E-state index contributed by atoms with van der Waals surface area (Å²) in [5, 5.41) is 30.0. The number of fused-ring (bicyclic) bond motifs is 2. The van der Waals surface area contributed by atoms with Gasteiger partial charge in [0, 0.05) is 77.5 Å². The second-order valence-corrected chi connectivity index (χ2v) is 30.2. The number of carbonyl (C=O) groups excluding carboxylic acids is 8. The molecule has 0 spiro atoms. The number of amides is 1. The number of thiocarbonyl (C=S) groups is 2. The molecular formula is C80H108AlBrClK2LiN3NaO15S6. The number of hydrogen-bond donors (Lipinski definition) is 3. The smallest absolute Gasteiger partial charge is 1.00 e. The average Bonchev–Trinajstić information content (AvgIpc) is 1.61. The van der Waals surface area contributed by atoms with Crippen LogP contribution < -0.4 is 161 Å². The van der Waals surface area contributed by atoms with Crippen molar-refractivity contribution in [3.8, 4) is 11.5 Å². The van der Waals surface area contributed by atoms with Crippen molar-refractivity contribution in [2.45, 2.75) is 155 Å². The van der Waals surface area contributed by atoms with Crippen molar-refractivity contribution in [2.24, 2.45) is 0 Å². The fourth-order valence-corrected chi connectivity index (χ4v) is 12.8. The van der Waals surface area contributed by atoms with Crippen molar-refractivity contribution in [2.75, 3.05) is 60.8 Å². The number of nitrogens with zero attached hydrogens (tertiary/aromatic N) is 3. The number of alkyl halides is 1. The van der Waals surface area contributed by atoms with Gasteiger partial charge in [-0.3, -0.25) is 33.6 Å². The number of aryl methyl sites for hydroxylation is 8. The van der Waals surface area contributed by atoms with Gasteiger partial charge >= 0.3 is 163 Å². The molecule has 0 atom stereocenters. The number of phenols is 1. The normalized spacial score (nSPS) is 9.43. The van der Waals surface area contributed by atoms with Crippen molar-refractivity contribution in [1.29, 1.82) is 0 Å². The summed E-state index contributed by atoms with van der Waals surface area (Å²) in [6.45, 7) is 40.8. The number of benzene rings is 6. The largest absolute Gasteiger partial charge is 1.00 e. The van der Waals surface area contributed by atoms with Crippen LogP contribution in [0.2, 0.25) is 0 Å². The summed E-state index contributed by atoms with van der Waals surface area (Å²) >= 11 is 26.4. The first-order valence-electron chi connectivity index (χ1n) is 32.9. The van der Waals surface area contributed by atoms with E-state index in [0.29, 0.717) is 67.3 Å². The van der Waals surface area contributed by atoms with Crippen LogP contribution in [0.15, 0.2) is 58.3 Å². The SMILES string of the molecule is CCOC(=O)CBr.CCOC(=O)c1cc2cc(C)c(C)c(C)c2s1.CN(C)C(=S)Cl.Cc1cc(C=O)c(O)c(C)c1C.Cc1cc(C=O)c(OC(=S)N(C)C)c(C)c1C.Cc1cc(C=O)c(S)c(C)c1C.Cc1cc(C=O)c(SC(=O)N(C)C)c(C)c1C.Cc1cc2cc(CO)sc2c(C)c1C.O=CO[O-].[AlH3].[H-].[H-].[H-].[K+].[K+].[Li+].[Na+]. The van der Waals surface area contributed by atoms with Crippen LogP contribution in [0.5, 0.6) is 11.5 Å². The molecule has 8 rings (SSSR count). The van der Waals surface area contributed by atoms with E-state index in [4.69, 9.17) is 48.5 Å². The third-order valence-corrected chi connectivity index (χ3v) is 22.9. The van der Waals surface area contributed by atoms with Crippen molar-refractivity contribution in [3.05, 3.63) is 181 Å². The molecule has 0 aliphatic rings. The third kappa shape index (κ3) is 38.7. The van der Waals surface area contributed by atoms with E-state index in [1.54, 1.807) is 76.4 Å². The summed E-state index contributed by atoms with van der Waals surface area (Å²) < 4.78 is 18.0. The van der Waals surface area contributed by atoms with Gasteiger partial charge in [0.2, 0.25) is 0 Å². The van der Waals surface area contributed by atoms with E-state index in [1.807, 2.05) is 114 Å². The maximum absolute atomic E-state index is 11.7. The minimum Gasteiger partial charge on any atom is -1.00 e. The molecule has 8 aromatic rings. The maximum atomic E-state index is 11.7.